The number of carbonyl (C=O) groups excluding carboxylic acids is 1. The molecule has 1 fully saturated rings. The van der Waals surface area contributed by atoms with Crippen LogP contribution in [-0.2, 0) is 24.2 Å². The third kappa shape index (κ3) is 4.58. The fraction of sp³-hybridized carbons (Fsp3) is 0.346. The second-order valence-corrected chi connectivity index (χ2v) is 10.6. The van der Waals surface area contributed by atoms with Gasteiger partial charge in [0, 0.05) is 62.4 Å². The number of hydrogen-bond acceptors (Lipinski definition) is 7. The van der Waals surface area contributed by atoms with Crippen molar-refractivity contribution in [2.45, 2.75) is 26.3 Å². The average molecular weight is 522 g/mol. The molecule has 6 rings (SSSR count). The number of nitrogens with one attached hydrogen (secondary N) is 2. The van der Waals surface area contributed by atoms with E-state index in [1.807, 2.05) is 30.0 Å². The zero-order valence-corrected chi connectivity index (χ0v) is 21.3. The fourth-order valence-electron chi connectivity index (χ4n) is 5.04. The molecule has 4 aromatic rings. The molecule has 0 spiro atoms. The van der Waals surface area contributed by atoms with Gasteiger partial charge >= 0.3 is 0 Å². The van der Waals surface area contributed by atoms with Crippen LogP contribution >= 0.6 is 12.1 Å². The highest BCUT2D eigenvalue weighted by Crippen LogP contribution is 2.34. The highest BCUT2D eigenvalue weighted by Gasteiger charge is 2.26. The lowest BCUT2D eigenvalue weighted by atomic mass is 9.96. The minimum absolute atomic E-state index is 0.329. The van der Waals surface area contributed by atoms with Crippen LogP contribution in [0.15, 0.2) is 30.3 Å². The van der Waals surface area contributed by atoms with E-state index in [1.165, 1.54) is 12.1 Å². The van der Waals surface area contributed by atoms with Crippen LogP contribution in [0.1, 0.15) is 23.9 Å². The number of aryl methyl sites for hydroxylation is 1. The number of benzene rings is 2. The van der Waals surface area contributed by atoms with Crippen molar-refractivity contribution >= 4 is 29.4 Å². The molecule has 2 aromatic heterocycles. The molecule has 192 valence electrons. The smallest absolute Gasteiger partial charge is 0.209 e. The summed E-state index contributed by atoms with van der Waals surface area (Å²) in [6.07, 6.45) is 2.48. The van der Waals surface area contributed by atoms with E-state index in [-0.39, 0.29) is 5.75 Å². The summed E-state index contributed by atoms with van der Waals surface area (Å²) < 4.78 is 18.7. The van der Waals surface area contributed by atoms with Gasteiger partial charge in [-0.2, -0.15) is 5.10 Å². The molecule has 4 heterocycles. The molecule has 9 nitrogen and oxygen atoms in total. The molecule has 0 aliphatic carbocycles. The van der Waals surface area contributed by atoms with Gasteiger partial charge in [0.2, 0.25) is 6.41 Å². The number of nitrogens with zero attached hydrogens (tertiary/aromatic N) is 5. The topological polar surface area (TPSA) is 104 Å². The number of hydrogen-bond donors (Lipinski definition) is 3. The Morgan fingerprint density at radius 1 is 1.14 bits per heavy atom. The predicted molar refractivity (Wildman–Crippen MR) is 141 cm³/mol. The van der Waals surface area contributed by atoms with Gasteiger partial charge in [-0.3, -0.25) is 9.89 Å². The van der Waals surface area contributed by atoms with Gasteiger partial charge in [-0.25, -0.2) is 18.0 Å². The van der Waals surface area contributed by atoms with Gasteiger partial charge in [-0.15, -0.1) is 0 Å². The molecular formula is C26H28FN7O2S. The Balaban J connectivity index is 1.22. The number of halogens is 1. The summed E-state index contributed by atoms with van der Waals surface area (Å²) in [6.45, 7) is 6.88. The first-order chi connectivity index (χ1) is 18.0. The highest BCUT2D eigenvalue weighted by molar-refractivity contribution is 7.94. The maximum absolute atomic E-state index is 14.1. The first-order valence-electron chi connectivity index (χ1n) is 12.5. The zero-order valence-electron chi connectivity index (χ0n) is 20.5. The van der Waals surface area contributed by atoms with Crippen molar-refractivity contribution in [1.82, 2.24) is 33.7 Å². The number of phenols is 1. The Morgan fingerprint density at radius 2 is 1.97 bits per heavy atom. The number of amides is 1. The minimum atomic E-state index is -0.630. The first-order valence-corrected chi connectivity index (χ1v) is 13.2. The van der Waals surface area contributed by atoms with Gasteiger partial charge in [0.25, 0.3) is 0 Å². The second kappa shape index (κ2) is 9.81. The lowest BCUT2D eigenvalue weighted by Gasteiger charge is -2.35. The Hall–Kier alpha value is -3.41. The van der Waals surface area contributed by atoms with Crippen molar-refractivity contribution in [3.05, 3.63) is 53.1 Å². The molecule has 0 radical (unpaired) electrons. The van der Waals surface area contributed by atoms with Crippen LogP contribution in [0.4, 0.5) is 4.39 Å². The molecule has 0 unspecified atom stereocenters. The average Bonchev–Trinajstić information content (AvgIpc) is 3.53. The first kappa shape index (κ1) is 24.0. The van der Waals surface area contributed by atoms with Crippen LogP contribution in [0.5, 0.6) is 5.75 Å². The van der Waals surface area contributed by atoms with E-state index in [1.54, 1.807) is 12.1 Å². The SMILES string of the molecule is CCc1cc(O)c(F)cc1-c1ccc2c(-c3nc4c([nH]3)CCN(SN3CCN(C=O)CC3)C4)n[nH]c2c1. The monoisotopic (exact) mass is 521 g/mol. The lowest BCUT2D eigenvalue weighted by Crippen LogP contribution is -2.44. The van der Waals surface area contributed by atoms with E-state index in [0.717, 1.165) is 103 Å². The van der Waals surface area contributed by atoms with Crippen molar-refractivity contribution in [3.63, 3.8) is 0 Å². The summed E-state index contributed by atoms with van der Waals surface area (Å²) in [4.78, 5) is 21.1. The quantitative estimate of drug-likeness (QED) is 0.262. The number of aromatic hydroxyl groups is 1. The van der Waals surface area contributed by atoms with Crippen molar-refractivity contribution < 1.29 is 14.3 Å². The fourth-order valence-corrected chi connectivity index (χ4v) is 6.04. The third-order valence-electron chi connectivity index (χ3n) is 7.11. The molecule has 2 aromatic carbocycles. The second-order valence-electron chi connectivity index (χ2n) is 9.42. The number of rotatable bonds is 6. The standard InChI is InChI=1S/C26H28FN7O2S/c1-2-16-12-24(36)20(27)13-19(16)17-3-4-18-22(11-17)30-31-25(18)26-28-21-5-6-34(14-23(21)29-26)37-33-9-7-32(15-35)8-10-33/h3-4,11-13,15,36H,2,5-10,14H2,1H3,(H,28,29)(H,30,31). The number of H-pyrrole nitrogens is 2. The maximum Gasteiger partial charge on any atom is 0.209 e. The zero-order chi connectivity index (χ0) is 25.5. The normalized spacial score (nSPS) is 16.9. The van der Waals surface area contributed by atoms with E-state index >= 15 is 0 Å². The number of imidazole rings is 1. The van der Waals surface area contributed by atoms with Crippen LogP contribution < -0.4 is 0 Å². The van der Waals surface area contributed by atoms with Crippen molar-refractivity contribution in [1.29, 1.82) is 0 Å². The molecule has 0 bridgehead atoms. The molecule has 1 amide bonds. The minimum Gasteiger partial charge on any atom is -0.505 e. The van der Waals surface area contributed by atoms with E-state index < -0.39 is 5.82 Å². The molecule has 11 heteroatoms. The van der Waals surface area contributed by atoms with Crippen LogP contribution in [-0.4, -0.2) is 77.9 Å². The number of phenolic OH excluding ortho intramolecular Hbond substituents is 1. The summed E-state index contributed by atoms with van der Waals surface area (Å²) in [6, 6.07) is 8.78. The van der Waals surface area contributed by atoms with Crippen molar-refractivity contribution in [3.8, 4) is 28.4 Å². The lowest BCUT2D eigenvalue weighted by molar-refractivity contribution is -0.119. The Bertz CT molecular complexity index is 1460. The summed E-state index contributed by atoms with van der Waals surface area (Å²) in [7, 11) is 0. The number of fused-ring (bicyclic) bond motifs is 2. The molecule has 0 atom stereocenters. The van der Waals surface area contributed by atoms with Gasteiger partial charge in [0.1, 0.15) is 5.69 Å². The number of carbonyl (C=O) groups is 1. The summed E-state index contributed by atoms with van der Waals surface area (Å²) in [5.74, 6) is -0.223. The number of piperazine rings is 1. The molecule has 1 saturated heterocycles. The van der Waals surface area contributed by atoms with Gasteiger partial charge in [-0.1, -0.05) is 13.0 Å². The number of aromatic nitrogens is 4. The van der Waals surface area contributed by atoms with Gasteiger partial charge in [0.05, 0.1) is 17.8 Å². The molecule has 37 heavy (non-hydrogen) atoms. The summed E-state index contributed by atoms with van der Waals surface area (Å²) in [5, 5.41) is 18.4. The van der Waals surface area contributed by atoms with E-state index in [4.69, 9.17) is 4.98 Å². The summed E-state index contributed by atoms with van der Waals surface area (Å²) >= 11 is 1.74. The van der Waals surface area contributed by atoms with E-state index in [0.29, 0.717) is 6.42 Å². The predicted octanol–water partition coefficient (Wildman–Crippen LogP) is 3.72. The van der Waals surface area contributed by atoms with Gasteiger partial charge in [0.15, 0.2) is 17.4 Å². The van der Waals surface area contributed by atoms with Gasteiger partial charge in [-0.05, 0) is 47.4 Å². The van der Waals surface area contributed by atoms with Crippen molar-refractivity contribution in [2.75, 3.05) is 32.7 Å². The highest BCUT2D eigenvalue weighted by atomic mass is 32.2. The summed E-state index contributed by atoms with van der Waals surface area (Å²) in [5.41, 5.74) is 6.26. The Labute approximate surface area is 217 Å². The largest absolute Gasteiger partial charge is 0.505 e. The van der Waals surface area contributed by atoms with Crippen LogP contribution in [0.3, 0.4) is 0 Å². The third-order valence-corrected chi connectivity index (χ3v) is 8.25. The van der Waals surface area contributed by atoms with Crippen LogP contribution in [0.2, 0.25) is 0 Å². The van der Waals surface area contributed by atoms with Crippen LogP contribution in [0, 0.1) is 5.82 Å². The molecule has 3 N–H and O–H groups in total. The van der Waals surface area contributed by atoms with E-state index in [2.05, 4.69) is 23.8 Å². The van der Waals surface area contributed by atoms with Crippen LogP contribution in [0.25, 0.3) is 33.5 Å². The molecule has 2 aliphatic heterocycles. The van der Waals surface area contributed by atoms with Gasteiger partial charge < -0.3 is 15.0 Å². The molecule has 0 saturated carbocycles. The maximum atomic E-state index is 14.1. The number of aromatic amines is 2. The van der Waals surface area contributed by atoms with E-state index in [9.17, 15) is 14.3 Å². The molecule has 2 aliphatic rings. The Kier molecular flexibility index (Phi) is 6.35. The molecular weight excluding hydrogens is 493 g/mol. The Morgan fingerprint density at radius 3 is 2.76 bits per heavy atom. The van der Waals surface area contributed by atoms with Crippen molar-refractivity contribution in [2.24, 2.45) is 0 Å².